The minimum absolute atomic E-state index is 0.119. The third kappa shape index (κ3) is 4.82. The molecule has 0 fully saturated rings. The average Bonchev–Trinajstić information content (AvgIpc) is 3.01. The van der Waals surface area contributed by atoms with Crippen molar-refractivity contribution in [2.24, 2.45) is 0 Å². The highest BCUT2D eigenvalue weighted by molar-refractivity contribution is 5.87. The lowest BCUT2D eigenvalue weighted by molar-refractivity contribution is 0.0694. The summed E-state index contributed by atoms with van der Waals surface area (Å²) in [6.45, 7) is 13.7. The zero-order valence-electron chi connectivity index (χ0n) is 15.4. The number of hydrogen-bond donors (Lipinski definition) is 1. The molecule has 4 heteroatoms. The van der Waals surface area contributed by atoms with Crippen molar-refractivity contribution in [3.63, 3.8) is 0 Å². The molecule has 0 bridgehead atoms. The number of carboxylic acid groups (broad SMARTS) is 1. The van der Waals surface area contributed by atoms with E-state index in [2.05, 4.69) is 6.58 Å². The molecule has 0 aliphatic heterocycles. The molecule has 1 aliphatic rings. The Balaban J connectivity index is 0.00000123. The molecule has 1 aromatic rings. The summed E-state index contributed by atoms with van der Waals surface area (Å²) in [6.07, 6.45) is 8.97. The Morgan fingerprint density at radius 1 is 1.33 bits per heavy atom. The predicted octanol–water partition coefficient (Wildman–Crippen LogP) is 4.99. The van der Waals surface area contributed by atoms with Crippen molar-refractivity contribution < 1.29 is 9.90 Å². The minimum atomic E-state index is -1.19. The monoisotopic (exact) mass is 331 g/mol. The van der Waals surface area contributed by atoms with E-state index < -0.39 is 11.5 Å². The average molecular weight is 331 g/mol. The van der Waals surface area contributed by atoms with Crippen molar-refractivity contribution in [3.05, 3.63) is 70.2 Å². The molecule has 1 heterocycles. The van der Waals surface area contributed by atoms with Gasteiger partial charge in [0.25, 0.3) is 5.56 Å². The van der Waals surface area contributed by atoms with Crippen molar-refractivity contribution in [1.29, 1.82) is 0 Å². The van der Waals surface area contributed by atoms with Gasteiger partial charge >= 0.3 is 5.97 Å². The Morgan fingerprint density at radius 2 is 1.96 bits per heavy atom. The maximum absolute atomic E-state index is 12.3. The normalized spacial score (nSPS) is 16.1. The lowest BCUT2D eigenvalue weighted by Crippen LogP contribution is -2.28. The van der Waals surface area contributed by atoms with Gasteiger partial charge in [0, 0.05) is 6.20 Å². The molecule has 1 unspecified atom stereocenters. The highest BCUT2D eigenvalue weighted by atomic mass is 16.4. The summed E-state index contributed by atoms with van der Waals surface area (Å²) in [4.78, 5) is 23.3. The van der Waals surface area contributed by atoms with Crippen molar-refractivity contribution >= 4 is 5.97 Å². The lowest BCUT2D eigenvalue weighted by atomic mass is 10.1. The second-order valence-electron chi connectivity index (χ2n) is 4.68. The van der Waals surface area contributed by atoms with E-state index in [1.54, 1.807) is 18.3 Å². The number of allylic oxidation sites excluding steroid dienone is 5. The van der Waals surface area contributed by atoms with Gasteiger partial charge in [0.15, 0.2) is 0 Å². The molecule has 0 spiro atoms. The van der Waals surface area contributed by atoms with Crippen LogP contribution in [0.5, 0.6) is 0 Å². The number of pyridine rings is 1. The summed E-state index contributed by atoms with van der Waals surface area (Å²) in [5.74, 6) is -1.19. The van der Waals surface area contributed by atoms with E-state index >= 15 is 0 Å². The topological polar surface area (TPSA) is 59.3 Å². The number of carboxylic acids is 1. The Morgan fingerprint density at radius 3 is 2.46 bits per heavy atom. The van der Waals surface area contributed by atoms with Crippen LogP contribution in [-0.2, 0) is 0 Å². The van der Waals surface area contributed by atoms with E-state index in [-0.39, 0.29) is 11.6 Å². The zero-order chi connectivity index (χ0) is 18.7. The maximum atomic E-state index is 12.3. The van der Waals surface area contributed by atoms with Gasteiger partial charge in [-0.25, -0.2) is 4.79 Å². The van der Waals surface area contributed by atoms with Crippen LogP contribution in [0.4, 0.5) is 0 Å². The van der Waals surface area contributed by atoms with Crippen LogP contribution in [0.15, 0.2) is 59.1 Å². The van der Waals surface area contributed by atoms with Crippen molar-refractivity contribution in [3.8, 4) is 0 Å². The van der Waals surface area contributed by atoms with Gasteiger partial charge < -0.3 is 9.67 Å². The van der Waals surface area contributed by atoms with E-state index in [1.807, 2.05) is 46.8 Å². The standard InChI is InChI=1S/C16H17NO3.2C2H6/c1-3-6-12-11(4-2)8-9-14(12)17-10-5-7-13(15(17)18)16(19)20;2*1-2/h3-7,10,14H,2,8-9H2,1H3,(H,19,20);2*1-2H3/b6-3-;;. The van der Waals surface area contributed by atoms with Crippen molar-refractivity contribution in [2.45, 2.75) is 53.5 Å². The molecule has 1 atom stereocenters. The first-order chi connectivity index (χ1) is 11.6. The largest absolute Gasteiger partial charge is 0.477 e. The van der Waals surface area contributed by atoms with Gasteiger partial charge in [-0.15, -0.1) is 0 Å². The molecular formula is C20H29NO3. The second-order valence-corrected chi connectivity index (χ2v) is 4.68. The first kappa shape index (κ1) is 21.6. The first-order valence-electron chi connectivity index (χ1n) is 8.52. The first-order valence-corrected chi connectivity index (χ1v) is 8.52. The Hall–Kier alpha value is -2.36. The van der Waals surface area contributed by atoms with E-state index in [4.69, 9.17) is 5.11 Å². The summed E-state index contributed by atoms with van der Waals surface area (Å²) in [5.41, 5.74) is 1.49. The molecule has 1 aromatic heterocycles. The number of aromatic carboxylic acids is 1. The molecule has 0 saturated carbocycles. The Kier molecular flexibility index (Phi) is 10.1. The van der Waals surface area contributed by atoms with E-state index in [1.165, 1.54) is 10.6 Å². The summed E-state index contributed by atoms with van der Waals surface area (Å²) in [5, 5.41) is 9.04. The molecular weight excluding hydrogens is 302 g/mol. The molecule has 0 saturated heterocycles. The Bertz CT molecular complexity index is 666. The van der Waals surface area contributed by atoms with Gasteiger partial charge in [0.2, 0.25) is 0 Å². The number of carbonyl (C=O) groups is 1. The smallest absolute Gasteiger partial charge is 0.341 e. The Labute approximate surface area is 144 Å². The fourth-order valence-corrected chi connectivity index (χ4v) is 2.63. The molecule has 0 amide bonds. The molecule has 0 radical (unpaired) electrons. The molecule has 132 valence electrons. The van der Waals surface area contributed by atoms with Gasteiger partial charge in [-0.05, 0) is 43.0 Å². The SMILES string of the molecule is C=CC1=C(/C=C\C)C(n2cccc(C(=O)O)c2=O)CC1.CC.CC. The van der Waals surface area contributed by atoms with Crippen LogP contribution in [-0.4, -0.2) is 15.6 Å². The number of rotatable bonds is 4. The van der Waals surface area contributed by atoms with Gasteiger partial charge in [-0.2, -0.15) is 0 Å². The highest BCUT2D eigenvalue weighted by Crippen LogP contribution is 2.36. The molecule has 4 nitrogen and oxygen atoms in total. The van der Waals surface area contributed by atoms with Gasteiger partial charge in [-0.1, -0.05) is 52.5 Å². The van der Waals surface area contributed by atoms with E-state index in [0.717, 1.165) is 24.0 Å². The molecule has 1 N–H and O–H groups in total. The number of nitrogens with zero attached hydrogens (tertiary/aromatic N) is 1. The van der Waals surface area contributed by atoms with Crippen LogP contribution in [0, 0.1) is 0 Å². The summed E-state index contributed by atoms with van der Waals surface area (Å²) < 4.78 is 1.51. The molecule has 24 heavy (non-hydrogen) atoms. The number of aromatic nitrogens is 1. The molecule has 2 rings (SSSR count). The predicted molar refractivity (Wildman–Crippen MR) is 101 cm³/mol. The van der Waals surface area contributed by atoms with Gasteiger partial charge in [-0.3, -0.25) is 4.79 Å². The minimum Gasteiger partial charge on any atom is -0.477 e. The summed E-state index contributed by atoms with van der Waals surface area (Å²) in [7, 11) is 0. The van der Waals surface area contributed by atoms with Gasteiger partial charge in [0.05, 0.1) is 6.04 Å². The van der Waals surface area contributed by atoms with Crippen molar-refractivity contribution in [2.75, 3.05) is 0 Å². The molecule has 1 aliphatic carbocycles. The van der Waals surface area contributed by atoms with Crippen molar-refractivity contribution in [1.82, 2.24) is 4.57 Å². The fourth-order valence-electron chi connectivity index (χ4n) is 2.63. The van der Waals surface area contributed by atoms with Crippen LogP contribution >= 0.6 is 0 Å². The third-order valence-corrected chi connectivity index (χ3v) is 3.55. The van der Waals surface area contributed by atoms with Crippen LogP contribution in [0.25, 0.3) is 0 Å². The van der Waals surface area contributed by atoms with Crippen LogP contribution in [0.1, 0.15) is 63.9 Å². The molecule has 0 aromatic carbocycles. The highest BCUT2D eigenvalue weighted by Gasteiger charge is 2.25. The van der Waals surface area contributed by atoms with E-state index in [9.17, 15) is 9.59 Å². The summed E-state index contributed by atoms with van der Waals surface area (Å²) >= 11 is 0. The lowest BCUT2D eigenvalue weighted by Gasteiger charge is -2.16. The van der Waals surface area contributed by atoms with E-state index in [0.29, 0.717) is 0 Å². The van der Waals surface area contributed by atoms with Crippen LogP contribution < -0.4 is 5.56 Å². The maximum Gasteiger partial charge on any atom is 0.341 e. The van der Waals surface area contributed by atoms with Crippen LogP contribution in [0.2, 0.25) is 0 Å². The quantitative estimate of drug-likeness (QED) is 0.845. The third-order valence-electron chi connectivity index (χ3n) is 3.55. The second kappa shape index (κ2) is 11.2. The summed E-state index contributed by atoms with van der Waals surface area (Å²) in [6, 6.07) is 2.82. The zero-order valence-corrected chi connectivity index (χ0v) is 15.4. The number of hydrogen-bond acceptors (Lipinski definition) is 2. The fraction of sp³-hybridized carbons (Fsp3) is 0.400. The van der Waals surface area contributed by atoms with Gasteiger partial charge in [0.1, 0.15) is 5.56 Å². The van der Waals surface area contributed by atoms with Crippen LogP contribution in [0.3, 0.4) is 0 Å².